The summed E-state index contributed by atoms with van der Waals surface area (Å²) >= 11 is 0. The van der Waals surface area contributed by atoms with Gasteiger partial charge in [-0.3, -0.25) is 0 Å². The summed E-state index contributed by atoms with van der Waals surface area (Å²) in [6.07, 6.45) is 0. The van der Waals surface area contributed by atoms with Crippen LogP contribution in [0.5, 0.6) is 5.75 Å². The van der Waals surface area contributed by atoms with Crippen molar-refractivity contribution in [3.05, 3.63) is 115 Å². The number of benzene rings is 6. The van der Waals surface area contributed by atoms with Crippen molar-refractivity contribution in [2.75, 3.05) is 0 Å². The van der Waals surface area contributed by atoms with Crippen LogP contribution in [0.25, 0.3) is 54.6 Å². The molecule has 1 N–H and O–H groups in total. The van der Waals surface area contributed by atoms with Crippen LogP contribution in [-0.4, -0.2) is 5.11 Å². The first-order valence-corrected chi connectivity index (χ1v) is 10.5. The van der Waals surface area contributed by atoms with Crippen LogP contribution in [0, 0.1) is 0 Å². The van der Waals surface area contributed by atoms with Crippen molar-refractivity contribution >= 4 is 32.3 Å². The third-order valence-corrected chi connectivity index (χ3v) is 6.14. The van der Waals surface area contributed by atoms with Gasteiger partial charge >= 0.3 is 0 Å². The molecule has 0 amide bonds. The summed E-state index contributed by atoms with van der Waals surface area (Å²) in [6, 6.07) is 39.7. The summed E-state index contributed by atoms with van der Waals surface area (Å²) in [6.45, 7) is 0. The molecule has 0 aliphatic carbocycles. The maximum absolute atomic E-state index is 11.6. The minimum Gasteiger partial charge on any atom is -0.507 e. The molecule has 146 valence electrons. The second-order valence-corrected chi connectivity index (χ2v) is 7.96. The van der Waals surface area contributed by atoms with Gasteiger partial charge in [0.1, 0.15) is 5.75 Å². The zero-order valence-electron chi connectivity index (χ0n) is 16.9. The van der Waals surface area contributed by atoms with Crippen LogP contribution >= 0.6 is 0 Å². The molecule has 0 atom stereocenters. The monoisotopic (exact) mass is 396 g/mol. The van der Waals surface area contributed by atoms with Crippen LogP contribution in [0.15, 0.2) is 115 Å². The zero-order chi connectivity index (χ0) is 20.8. The van der Waals surface area contributed by atoms with Gasteiger partial charge < -0.3 is 5.11 Å². The zero-order valence-corrected chi connectivity index (χ0v) is 16.9. The molecule has 1 nitrogen and oxygen atoms in total. The Labute approximate surface area is 180 Å². The molecule has 1 heteroatoms. The average molecular weight is 396 g/mol. The number of aromatic hydroxyl groups is 1. The Morgan fingerprint density at radius 3 is 1.90 bits per heavy atom. The van der Waals surface area contributed by atoms with Crippen molar-refractivity contribution < 1.29 is 5.11 Å². The standard InChI is InChI=1S/C30H20O/c31-30-28(24-17-16-20-8-1-2-10-22(20)18-24)19-23-11-4-6-14-26(23)29(30)27-15-7-12-21-9-3-5-13-25(21)27/h1-19,31H. The largest absolute Gasteiger partial charge is 0.507 e. The van der Waals surface area contributed by atoms with E-state index >= 15 is 0 Å². The second-order valence-electron chi connectivity index (χ2n) is 7.96. The van der Waals surface area contributed by atoms with E-state index in [1.54, 1.807) is 0 Å². The Morgan fingerprint density at radius 1 is 0.419 bits per heavy atom. The van der Waals surface area contributed by atoms with Gasteiger partial charge in [-0.05, 0) is 55.6 Å². The fraction of sp³-hybridized carbons (Fsp3) is 0. The Bertz CT molecular complexity index is 1590. The van der Waals surface area contributed by atoms with Crippen molar-refractivity contribution in [2.45, 2.75) is 0 Å². The van der Waals surface area contributed by atoms with Crippen molar-refractivity contribution in [2.24, 2.45) is 0 Å². The molecular formula is C30H20O. The topological polar surface area (TPSA) is 20.2 Å². The highest BCUT2D eigenvalue weighted by Crippen LogP contribution is 2.45. The first-order valence-electron chi connectivity index (χ1n) is 10.5. The Morgan fingerprint density at radius 2 is 1.06 bits per heavy atom. The fourth-order valence-electron chi connectivity index (χ4n) is 4.63. The minimum absolute atomic E-state index is 0.324. The number of hydrogen-bond donors (Lipinski definition) is 1. The highest BCUT2D eigenvalue weighted by atomic mass is 16.3. The van der Waals surface area contributed by atoms with Crippen LogP contribution in [0.4, 0.5) is 0 Å². The van der Waals surface area contributed by atoms with Gasteiger partial charge in [-0.15, -0.1) is 0 Å². The molecule has 0 spiro atoms. The lowest BCUT2D eigenvalue weighted by Crippen LogP contribution is -1.89. The lowest BCUT2D eigenvalue weighted by molar-refractivity contribution is 0.480. The lowest BCUT2D eigenvalue weighted by atomic mass is 9.89. The Hall–Kier alpha value is -4.10. The molecule has 0 unspecified atom stereocenters. The van der Waals surface area contributed by atoms with Crippen LogP contribution in [0.3, 0.4) is 0 Å². The smallest absolute Gasteiger partial charge is 0.131 e. The molecule has 0 aromatic heterocycles. The number of phenols is 1. The van der Waals surface area contributed by atoms with Gasteiger partial charge in [-0.1, -0.05) is 103 Å². The van der Waals surface area contributed by atoms with E-state index in [4.69, 9.17) is 0 Å². The van der Waals surface area contributed by atoms with E-state index in [1.807, 2.05) is 18.2 Å². The molecule has 0 radical (unpaired) electrons. The van der Waals surface area contributed by atoms with Crippen molar-refractivity contribution in [1.82, 2.24) is 0 Å². The molecule has 0 aliphatic heterocycles. The van der Waals surface area contributed by atoms with Crippen molar-refractivity contribution in [3.63, 3.8) is 0 Å². The van der Waals surface area contributed by atoms with Gasteiger partial charge in [-0.2, -0.15) is 0 Å². The Balaban J connectivity index is 1.71. The molecule has 31 heavy (non-hydrogen) atoms. The predicted molar refractivity (Wildman–Crippen MR) is 131 cm³/mol. The lowest BCUT2D eigenvalue weighted by Gasteiger charge is -2.16. The van der Waals surface area contributed by atoms with Crippen LogP contribution < -0.4 is 0 Å². The first-order chi connectivity index (χ1) is 15.3. The minimum atomic E-state index is 0.324. The van der Waals surface area contributed by atoms with E-state index in [2.05, 4.69) is 97.1 Å². The number of hydrogen-bond acceptors (Lipinski definition) is 1. The normalized spacial score (nSPS) is 11.4. The number of rotatable bonds is 2. The molecule has 6 rings (SSSR count). The van der Waals surface area contributed by atoms with Crippen molar-refractivity contribution in [1.29, 1.82) is 0 Å². The van der Waals surface area contributed by atoms with Gasteiger partial charge in [0.15, 0.2) is 0 Å². The fourth-order valence-corrected chi connectivity index (χ4v) is 4.63. The summed E-state index contributed by atoms with van der Waals surface area (Å²) < 4.78 is 0. The molecule has 6 aromatic carbocycles. The van der Waals surface area contributed by atoms with Crippen molar-refractivity contribution in [3.8, 4) is 28.0 Å². The van der Waals surface area contributed by atoms with Crippen LogP contribution in [0.2, 0.25) is 0 Å². The summed E-state index contributed by atoms with van der Waals surface area (Å²) in [7, 11) is 0. The predicted octanol–water partition coefficient (Wildman–Crippen LogP) is 8.19. The molecule has 0 aliphatic rings. The summed E-state index contributed by atoms with van der Waals surface area (Å²) in [4.78, 5) is 0. The molecule has 6 aromatic rings. The van der Waals surface area contributed by atoms with Gasteiger partial charge in [0.05, 0.1) is 0 Å². The van der Waals surface area contributed by atoms with E-state index < -0.39 is 0 Å². The first kappa shape index (κ1) is 17.7. The molecule has 0 saturated carbocycles. The third-order valence-electron chi connectivity index (χ3n) is 6.14. The molecule has 0 heterocycles. The Kier molecular flexibility index (Phi) is 4.00. The highest BCUT2D eigenvalue weighted by molar-refractivity contribution is 6.10. The van der Waals surface area contributed by atoms with E-state index in [0.717, 1.165) is 38.4 Å². The SMILES string of the molecule is Oc1c(-c2ccc3ccccc3c2)cc2ccccc2c1-c1cccc2ccccc12. The number of fused-ring (bicyclic) bond motifs is 3. The summed E-state index contributed by atoms with van der Waals surface area (Å²) in [5, 5.41) is 18.5. The third kappa shape index (κ3) is 2.86. The maximum atomic E-state index is 11.6. The second kappa shape index (κ2) is 7.00. The van der Waals surface area contributed by atoms with E-state index in [-0.39, 0.29) is 0 Å². The summed E-state index contributed by atoms with van der Waals surface area (Å²) in [5.74, 6) is 0.324. The molecule has 0 saturated heterocycles. The maximum Gasteiger partial charge on any atom is 0.131 e. The van der Waals surface area contributed by atoms with Crippen LogP contribution in [0.1, 0.15) is 0 Å². The molecular weight excluding hydrogens is 376 g/mol. The molecule has 0 bridgehead atoms. The number of phenolic OH excluding ortho intramolecular Hbond substituents is 1. The van der Waals surface area contributed by atoms with Gasteiger partial charge in [-0.25, -0.2) is 0 Å². The van der Waals surface area contributed by atoms with Gasteiger partial charge in [0, 0.05) is 11.1 Å². The van der Waals surface area contributed by atoms with E-state index in [1.165, 1.54) is 16.2 Å². The summed E-state index contributed by atoms with van der Waals surface area (Å²) in [5.41, 5.74) is 3.81. The average Bonchev–Trinajstić information content (AvgIpc) is 2.83. The van der Waals surface area contributed by atoms with Gasteiger partial charge in [0.25, 0.3) is 0 Å². The van der Waals surface area contributed by atoms with E-state index in [0.29, 0.717) is 5.75 Å². The highest BCUT2D eigenvalue weighted by Gasteiger charge is 2.17. The van der Waals surface area contributed by atoms with Crippen LogP contribution in [-0.2, 0) is 0 Å². The molecule has 0 fully saturated rings. The van der Waals surface area contributed by atoms with Gasteiger partial charge in [0.2, 0.25) is 0 Å². The quantitative estimate of drug-likeness (QED) is 0.313. The van der Waals surface area contributed by atoms with E-state index in [9.17, 15) is 5.11 Å².